The molecule has 0 heterocycles. The molecule has 0 spiro atoms. The Balaban J connectivity index is 2.57. The lowest BCUT2D eigenvalue weighted by Gasteiger charge is -2.30. The molecule has 1 amide bonds. The van der Waals surface area contributed by atoms with Gasteiger partial charge in [0.05, 0.1) is 6.42 Å². The summed E-state index contributed by atoms with van der Waals surface area (Å²) in [6.07, 6.45) is 2.42. The van der Waals surface area contributed by atoms with Gasteiger partial charge in [-0.1, -0.05) is 32.0 Å². The van der Waals surface area contributed by atoms with Crippen LogP contribution < -0.4 is 11.1 Å². The number of rotatable bonds is 7. The number of carbonyl (C=O) groups is 1. The van der Waals surface area contributed by atoms with Gasteiger partial charge in [0.2, 0.25) is 5.91 Å². The van der Waals surface area contributed by atoms with Crippen LogP contribution in [0.2, 0.25) is 0 Å². The third-order valence-corrected chi connectivity index (χ3v) is 4.53. The first-order valence-corrected chi connectivity index (χ1v) is 7.49. The van der Waals surface area contributed by atoms with Crippen molar-refractivity contribution in [2.75, 3.05) is 13.1 Å². The third-order valence-electron chi connectivity index (χ3n) is 4.53. The van der Waals surface area contributed by atoms with Gasteiger partial charge >= 0.3 is 0 Å². The van der Waals surface area contributed by atoms with E-state index in [1.54, 1.807) is 0 Å². The molecule has 0 aromatic heterocycles. The van der Waals surface area contributed by atoms with E-state index in [2.05, 4.69) is 45.1 Å². The number of hydrogen-bond acceptors (Lipinski definition) is 2. The maximum Gasteiger partial charge on any atom is 0.224 e. The largest absolute Gasteiger partial charge is 0.355 e. The van der Waals surface area contributed by atoms with Crippen LogP contribution in [0.15, 0.2) is 18.2 Å². The van der Waals surface area contributed by atoms with Crippen molar-refractivity contribution in [2.24, 2.45) is 11.1 Å². The van der Waals surface area contributed by atoms with Crippen molar-refractivity contribution >= 4 is 5.91 Å². The molecular weight excluding hydrogens is 248 g/mol. The Morgan fingerprint density at radius 1 is 1.20 bits per heavy atom. The Morgan fingerprint density at radius 2 is 1.85 bits per heavy atom. The van der Waals surface area contributed by atoms with Crippen LogP contribution in [0.5, 0.6) is 0 Å². The second-order valence-electron chi connectivity index (χ2n) is 5.78. The minimum Gasteiger partial charge on any atom is -0.355 e. The highest BCUT2D eigenvalue weighted by Crippen LogP contribution is 2.23. The number of aryl methyl sites for hydroxylation is 2. The second-order valence-corrected chi connectivity index (χ2v) is 5.78. The SMILES string of the molecule is CCC(CC)(CN)CNC(=O)Cc1ccc(C)c(C)c1. The van der Waals surface area contributed by atoms with E-state index < -0.39 is 0 Å². The molecular formula is C17H28N2O. The Labute approximate surface area is 122 Å². The van der Waals surface area contributed by atoms with Crippen LogP contribution >= 0.6 is 0 Å². The van der Waals surface area contributed by atoms with Crippen LogP contribution in [0.4, 0.5) is 0 Å². The first-order chi connectivity index (χ1) is 9.46. The molecule has 0 saturated carbocycles. The first-order valence-electron chi connectivity index (χ1n) is 7.49. The van der Waals surface area contributed by atoms with Gasteiger partial charge in [0, 0.05) is 6.54 Å². The lowest BCUT2D eigenvalue weighted by Crippen LogP contribution is -2.42. The summed E-state index contributed by atoms with van der Waals surface area (Å²) in [4.78, 5) is 12.1. The van der Waals surface area contributed by atoms with Crippen LogP contribution in [0.1, 0.15) is 43.4 Å². The summed E-state index contributed by atoms with van der Waals surface area (Å²) in [6, 6.07) is 6.18. The summed E-state index contributed by atoms with van der Waals surface area (Å²) in [7, 11) is 0. The lowest BCUT2D eigenvalue weighted by atomic mass is 9.82. The zero-order chi connectivity index (χ0) is 15.2. The van der Waals surface area contributed by atoms with Crippen molar-refractivity contribution in [3.63, 3.8) is 0 Å². The van der Waals surface area contributed by atoms with Crippen LogP contribution in [-0.4, -0.2) is 19.0 Å². The van der Waals surface area contributed by atoms with E-state index in [1.165, 1.54) is 11.1 Å². The molecule has 0 bridgehead atoms. The summed E-state index contributed by atoms with van der Waals surface area (Å²) < 4.78 is 0. The van der Waals surface area contributed by atoms with E-state index >= 15 is 0 Å². The van der Waals surface area contributed by atoms with E-state index in [0.717, 1.165) is 18.4 Å². The fourth-order valence-electron chi connectivity index (χ4n) is 2.31. The number of hydrogen-bond donors (Lipinski definition) is 2. The topological polar surface area (TPSA) is 55.1 Å². The summed E-state index contributed by atoms with van der Waals surface area (Å²) in [5.41, 5.74) is 9.45. The fourth-order valence-corrected chi connectivity index (χ4v) is 2.31. The van der Waals surface area contributed by atoms with Gasteiger partial charge in [-0.25, -0.2) is 0 Å². The summed E-state index contributed by atoms with van der Waals surface area (Å²) in [5.74, 6) is 0.0768. The van der Waals surface area contributed by atoms with E-state index in [4.69, 9.17) is 5.73 Å². The van der Waals surface area contributed by atoms with Crippen molar-refractivity contribution in [2.45, 2.75) is 47.0 Å². The van der Waals surface area contributed by atoms with E-state index in [9.17, 15) is 4.79 Å². The van der Waals surface area contributed by atoms with Gasteiger partial charge in [-0.3, -0.25) is 4.79 Å². The highest BCUT2D eigenvalue weighted by atomic mass is 16.1. The Bertz CT molecular complexity index is 442. The molecule has 3 heteroatoms. The first kappa shape index (κ1) is 16.7. The summed E-state index contributed by atoms with van der Waals surface area (Å²) in [6.45, 7) is 9.70. The highest BCUT2D eigenvalue weighted by Gasteiger charge is 2.24. The van der Waals surface area contributed by atoms with Gasteiger partial charge in [-0.05, 0) is 55.3 Å². The van der Waals surface area contributed by atoms with Crippen LogP contribution in [0.3, 0.4) is 0 Å². The van der Waals surface area contributed by atoms with E-state index in [-0.39, 0.29) is 11.3 Å². The molecule has 3 nitrogen and oxygen atoms in total. The lowest BCUT2D eigenvalue weighted by molar-refractivity contribution is -0.120. The molecule has 0 fully saturated rings. The maximum absolute atomic E-state index is 12.1. The van der Waals surface area contributed by atoms with Gasteiger partial charge in [-0.2, -0.15) is 0 Å². The summed E-state index contributed by atoms with van der Waals surface area (Å²) in [5, 5.41) is 3.04. The van der Waals surface area contributed by atoms with Crippen LogP contribution in [0, 0.1) is 19.3 Å². The number of carbonyl (C=O) groups excluding carboxylic acids is 1. The van der Waals surface area contributed by atoms with E-state index in [0.29, 0.717) is 19.5 Å². The van der Waals surface area contributed by atoms with Gasteiger partial charge < -0.3 is 11.1 Å². The molecule has 3 N–H and O–H groups in total. The normalized spacial score (nSPS) is 11.4. The predicted octanol–water partition coefficient (Wildman–Crippen LogP) is 2.73. The Kier molecular flexibility index (Phi) is 6.21. The second kappa shape index (κ2) is 7.44. The molecule has 0 unspecified atom stereocenters. The maximum atomic E-state index is 12.1. The van der Waals surface area contributed by atoms with Crippen molar-refractivity contribution in [3.8, 4) is 0 Å². The van der Waals surface area contributed by atoms with Crippen LogP contribution in [0.25, 0.3) is 0 Å². The monoisotopic (exact) mass is 276 g/mol. The molecule has 1 aromatic carbocycles. The van der Waals surface area contributed by atoms with Gasteiger partial charge in [-0.15, -0.1) is 0 Å². The molecule has 112 valence electrons. The standard InChI is InChI=1S/C17H28N2O/c1-5-17(6-2,11-18)12-19-16(20)10-15-8-7-13(3)14(4)9-15/h7-9H,5-6,10-12,18H2,1-4H3,(H,19,20). The third kappa shape index (κ3) is 4.34. The Morgan fingerprint density at radius 3 is 2.35 bits per heavy atom. The predicted molar refractivity (Wildman–Crippen MR) is 84.7 cm³/mol. The highest BCUT2D eigenvalue weighted by molar-refractivity contribution is 5.78. The van der Waals surface area contributed by atoms with Gasteiger partial charge in [0.25, 0.3) is 0 Å². The smallest absolute Gasteiger partial charge is 0.224 e. The zero-order valence-electron chi connectivity index (χ0n) is 13.3. The molecule has 0 aliphatic heterocycles. The molecule has 0 aliphatic rings. The van der Waals surface area contributed by atoms with Crippen molar-refractivity contribution < 1.29 is 4.79 Å². The van der Waals surface area contributed by atoms with Crippen molar-refractivity contribution in [1.82, 2.24) is 5.32 Å². The molecule has 0 saturated heterocycles. The molecule has 1 aromatic rings. The van der Waals surface area contributed by atoms with Crippen LogP contribution in [-0.2, 0) is 11.2 Å². The van der Waals surface area contributed by atoms with E-state index in [1.807, 2.05) is 6.07 Å². The zero-order valence-corrected chi connectivity index (χ0v) is 13.3. The van der Waals surface area contributed by atoms with Gasteiger partial charge in [0.15, 0.2) is 0 Å². The molecule has 0 aliphatic carbocycles. The average molecular weight is 276 g/mol. The summed E-state index contributed by atoms with van der Waals surface area (Å²) >= 11 is 0. The quantitative estimate of drug-likeness (QED) is 0.804. The number of nitrogens with one attached hydrogen (secondary N) is 1. The van der Waals surface area contributed by atoms with Crippen molar-refractivity contribution in [3.05, 3.63) is 34.9 Å². The molecule has 0 atom stereocenters. The van der Waals surface area contributed by atoms with Crippen molar-refractivity contribution in [1.29, 1.82) is 0 Å². The molecule has 20 heavy (non-hydrogen) atoms. The molecule has 1 rings (SSSR count). The number of amides is 1. The fraction of sp³-hybridized carbons (Fsp3) is 0.588. The number of benzene rings is 1. The minimum absolute atomic E-state index is 0.0405. The number of nitrogens with two attached hydrogens (primary N) is 1. The van der Waals surface area contributed by atoms with Gasteiger partial charge in [0.1, 0.15) is 0 Å². The minimum atomic E-state index is 0.0405. The Hall–Kier alpha value is -1.35. The molecule has 0 radical (unpaired) electrons. The average Bonchev–Trinajstić information content (AvgIpc) is 2.45.